The maximum absolute atomic E-state index is 10.9. The minimum Gasteiger partial charge on any atom is -0.462 e. The molecule has 0 spiro atoms. The maximum atomic E-state index is 10.9. The summed E-state index contributed by atoms with van der Waals surface area (Å²) in [5, 5.41) is 4.18. The topological polar surface area (TPSA) is 95.1 Å². The number of hydrazine groups is 1. The number of ether oxygens (including phenoxy) is 1. The molecule has 0 saturated carbocycles. The first-order valence-corrected chi connectivity index (χ1v) is 5.89. The van der Waals surface area contributed by atoms with Gasteiger partial charge in [-0.05, 0) is 18.6 Å². The molecule has 2 rings (SSSR count). The monoisotopic (exact) mass is 261 g/mol. The van der Waals surface area contributed by atoms with E-state index < -0.39 is 0 Å². The third-order valence-corrected chi connectivity index (χ3v) is 2.43. The average Bonchev–Trinajstić information content (AvgIpc) is 2.93. The van der Waals surface area contributed by atoms with Crippen LogP contribution in [-0.4, -0.2) is 27.3 Å². The Morgan fingerprint density at radius 1 is 1.37 bits per heavy atom. The SMILES string of the molecule is NNC(=O)CCCOc1ncn(-c2ccccc2)n1. The van der Waals surface area contributed by atoms with Gasteiger partial charge in [0.15, 0.2) is 0 Å². The van der Waals surface area contributed by atoms with Crippen molar-refractivity contribution in [3.63, 3.8) is 0 Å². The number of benzene rings is 1. The Hall–Kier alpha value is -2.41. The molecule has 7 nitrogen and oxygen atoms in total. The number of nitrogens with one attached hydrogen (secondary N) is 1. The van der Waals surface area contributed by atoms with E-state index in [1.807, 2.05) is 30.3 Å². The van der Waals surface area contributed by atoms with E-state index in [-0.39, 0.29) is 11.9 Å². The van der Waals surface area contributed by atoms with Crippen LogP contribution >= 0.6 is 0 Å². The van der Waals surface area contributed by atoms with Crippen molar-refractivity contribution in [2.75, 3.05) is 6.61 Å². The molecule has 0 saturated heterocycles. The molecule has 1 heterocycles. The molecule has 1 amide bonds. The van der Waals surface area contributed by atoms with Crippen LogP contribution in [0.3, 0.4) is 0 Å². The lowest BCUT2D eigenvalue weighted by Gasteiger charge is -2.01. The number of rotatable bonds is 6. The van der Waals surface area contributed by atoms with Crippen LogP contribution in [0, 0.1) is 0 Å². The first-order chi connectivity index (χ1) is 9.29. The fourth-order valence-corrected chi connectivity index (χ4v) is 1.49. The highest BCUT2D eigenvalue weighted by atomic mass is 16.5. The number of amides is 1. The molecule has 0 atom stereocenters. The summed E-state index contributed by atoms with van der Waals surface area (Å²) in [5.74, 6) is 4.75. The number of aromatic nitrogens is 3. The highest BCUT2D eigenvalue weighted by molar-refractivity contribution is 5.75. The standard InChI is InChI=1S/C12H15N5O2/c13-15-11(18)7-4-8-19-12-14-9-17(16-12)10-5-2-1-3-6-10/h1-3,5-6,9H,4,7-8,13H2,(H,15,18). The van der Waals surface area contributed by atoms with Crippen molar-refractivity contribution in [1.82, 2.24) is 20.2 Å². The molecule has 0 radical (unpaired) electrons. The van der Waals surface area contributed by atoms with Crippen molar-refractivity contribution in [3.8, 4) is 11.7 Å². The molecule has 2 aromatic rings. The van der Waals surface area contributed by atoms with Gasteiger partial charge < -0.3 is 4.74 Å². The lowest BCUT2D eigenvalue weighted by molar-refractivity contribution is -0.121. The number of para-hydroxylation sites is 1. The van der Waals surface area contributed by atoms with E-state index in [0.717, 1.165) is 5.69 Å². The molecule has 3 N–H and O–H groups in total. The molecular weight excluding hydrogens is 246 g/mol. The Labute approximate surface area is 110 Å². The zero-order chi connectivity index (χ0) is 13.5. The molecule has 100 valence electrons. The normalized spacial score (nSPS) is 10.2. The van der Waals surface area contributed by atoms with Crippen LogP contribution in [0.4, 0.5) is 0 Å². The molecular formula is C12H15N5O2. The second kappa shape index (κ2) is 6.50. The Balaban J connectivity index is 1.83. The molecule has 19 heavy (non-hydrogen) atoms. The molecule has 0 fully saturated rings. The van der Waals surface area contributed by atoms with Crippen LogP contribution in [-0.2, 0) is 4.79 Å². The van der Waals surface area contributed by atoms with Crippen molar-refractivity contribution in [2.45, 2.75) is 12.8 Å². The van der Waals surface area contributed by atoms with Gasteiger partial charge in [0, 0.05) is 6.42 Å². The van der Waals surface area contributed by atoms with Gasteiger partial charge >= 0.3 is 6.01 Å². The fourth-order valence-electron chi connectivity index (χ4n) is 1.49. The van der Waals surface area contributed by atoms with Crippen LogP contribution in [0.5, 0.6) is 6.01 Å². The number of hydrogen-bond donors (Lipinski definition) is 2. The molecule has 1 aromatic heterocycles. The van der Waals surface area contributed by atoms with E-state index in [4.69, 9.17) is 10.6 Å². The molecule has 1 aromatic carbocycles. The highest BCUT2D eigenvalue weighted by Gasteiger charge is 2.04. The van der Waals surface area contributed by atoms with Gasteiger partial charge in [0.1, 0.15) is 6.33 Å². The van der Waals surface area contributed by atoms with Gasteiger partial charge in [-0.3, -0.25) is 10.2 Å². The highest BCUT2D eigenvalue weighted by Crippen LogP contribution is 2.08. The van der Waals surface area contributed by atoms with Gasteiger partial charge in [-0.2, -0.15) is 4.98 Å². The molecule has 0 unspecified atom stereocenters. The van der Waals surface area contributed by atoms with Crippen molar-refractivity contribution in [1.29, 1.82) is 0 Å². The Morgan fingerprint density at radius 3 is 2.89 bits per heavy atom. The average molecular weight is 261 g/mol. The van der Waals surface area contributed by atoms with Crippen LogP contribution < -0.4 is 16.0 Å². The summed E-state index contributed by atoms with van der Waals surface area (Å²) >= 11 is 0. The van der Waals surface area contributed by atoms with Crippen molar-refractivity contribution < 1.29 is 9.53 Å². The smallest absolute Gasteiger partial charge is 0.335 e. The quantitative estimate of drug-likeness (QED) is 0.340. The summed E-state index contributed by atoms with van der Waals surface area (Å²) in [4.78, 5) is 14.9. The number of nitrogens with two attached hydrogens (primary N) is 1. The Bertz CT molecular complexity index is 526. The summed E-state index contributed by atoms with van der Waals surface area (Å²) in [7, 11) is 0. The molecule has 7 heteroatoms. The third-order valence-electron chi connectivity index (χ3n) is 2.43. The zero-order valence-electron chi connectivity index (χ0n) is 10.3. The van der Waals surface area contributed by atoms with Crippen molar-refractivity contribution >= 4 is 5.91 Å². The van der Waals surface area contributed by atoms with Gasteiger partial charge in [0.2, 0.25) is 5.91 Å². The minimum atomic E-state index is -0.216. The predicted molar refractivity (Wildman–Crippen MR) is 68.4 cm³/mol. The number of hydrogen-bond acceptors (Lipinski definition) is 5. The Morgan fingerprint density at radius 2 is 2.16 bits per heavy atom. The minimum absolute atomic E-state index is 0.216. The summed E-state index contributed by atoms with van der Waals surface area (Å²) in [6.45, 7) is 0.367. The van der Waals surface area contributed by atoms with E-state index in [2.05, 4.69) is 15.5 Å². The zero-order valence-corrected chi connectivity index (χ0v) is 10.3. The predicted octanol–water partition coefficient (Wildman–Crippen LogP) is 0.416. The summed E-state index contributed by atoms with van der Waals surface area (Å²) < 4.78 is 6.97. The lowest BCUT2D eigenvalue weighted by atomic mass is 10.3. The number of nitrogens with zero attached hydrogens (tertiary/aromatic N) is 3. The van der Waals surface area contributed by atoms with Crippen LogP contribution in [0.2, 0.25) is 0 Å². The lowest BCUT2D eigenvalue weighted by Crippen LogP contribution is -2.30. The Kier molecular flexibility index (Phi) is 4.46. The van der Waals surface area contributed by atoms with Crippen LogP contribution in [0.25, 0.3) is 5.69 Å². The van der Waals surface area contributed by atoms with Gasteiger partial charge in [-0.1, -0.05) is 18.2 Å². The van der Waals surface area contributed by atoms with E-state index in [0.29, 0.717) is 19.4 Å². The van der Waals surface area contributed by atoms with E-state index in [1.54, 1.807) is 11.0 Å². The second-order valence-electron chi connectivity index (χ2n) is 3.83. The van der Waals surface area contributed by atoms with Crippen molar-refractivity contribution in [3.05, 3.63) is 36.7 Å². The summed E-state index contributed by atoms with van der Waals surface area (Å²) in [6, 6.07) is 9.90. The summed E-state index contributed by atoms with van der Waals surface area (Å²) in [5.41, 5.74) is 2.97. The first-order valence-electron chi connectivity index (χ1n) is 5.89. The summed E-state index contributed by atoms with van der Waals surface area (Å²) in [6.07, 6.45) is 2.45. The van der Waals surface area contributed by atoms with E-state index in [1.165, 1.54) is 0 Å². The fraction of sp³-hybridized carbons (Fsp3) is 0.250. The largest absolute Gasteiger partial charge is 0.462 e. The van der Waals surface area contributed by atoms with Crippen LogP contribution in [0.1, 0.15) is 12.8 Å². The van der Waals surface area contributed by atoms with Gasteiger partial charge in [0.25, 0.3) is 0 Å². The van der Waals surface area contributed by atoms with Crippen molar-refractivity contribution in [2.24, 2.45) is 5.84 Å². The first kappa shape index (κ1) is 13.0. The number of carbonyl (C=O) groups is 1. The molecule has 0 aliphatic carbocycles. The molecule has 0 bridgehead atoms. The number of carbonyl (C=O) groups excluding carboxylic acids is 1. The van der Waals surface area contributed by atoms with Gasteiger partial charge in [-0.15, -0.1) is 5.10 Å². The van der Waals surface area contributed by atoms with Crippen LogP contribution in [0.15, 0.2) is 36.7 Å². The maximum Gasteiger partial charge on any atom is 0.335 e. The molecule has 0 aliphatic rings. The third kappa shape index (κ3) is 3.78. The van der Waals surface area contributed by atoms with E-state index in [9.17, 15) is 4.79 Å². The second-order valence-corrected chi connectivity index (χ2v) is 3.83. The van der Waals surface area contributed by atoms with Gasteiger partial charge in [-0.25, -0.2) is 10.5 Å². The van der Waals surface area contributed by atoms with Gasteiger partial charge in [0.05, 0.1) is 12.3 Å². The van der Waals surface area contributed by atoms with E-state index >= 15 is 0 Å². The molecule has 0 aliphatic heterocycles.